The molecule has 1 aromatic carbocycles. The number of benzene rings is 1. The molecule has 0 aliphatic heterocycles. The van der Waals surface area contributed by atoms with E-state index in [1.165, 1.54) is 0 Å². The first-order chi connectivity index (χ1) is 8.83. The summed E-state index contributed by atoms with van der Waals surface area (Å²) in [6.07, 6.45) is 3.11. The third-order valence-electron chi connectivity index (χ3n) is 2.44. The van der Waals surface area contributed by atoms with Gasteiger partial charge in [0.25, 0.3) is 5.91 Å². The quantitative estimate of drug-likeness (QED) is 0.745. The minimum atomic E-state index is -0.364. The van der Waals surface area contributed by atoms with Gasteiger partial charge in [0.2, 0.25) is 5.95 Å². The van der Waals surface area contributed by atoms with E-state index in [9.17, 15) is 4.79 Å². The highest BCUT2D eigenvalue weighted by molar-refractivity contribution is 6.03. The number of furan rings is 1. The van der Waals surface area contributed by atoms with Crippen LogP contribution in [0.25, 0.3) is 11.0 Å². The molecule has 0 unspecified atom stereocenters. The van der Waals surface area contributed by atoms with E-state index in [1.807, 2.05) is 24.3 Å². The van der Waals surface area contributed by atoms with Crippen LogP contribution in [-0.4, -0.2) is 15.9 Å². The zero-order valence-corrected chi connectivity index (χ0v) is 9.33. The van der Waals surface area contributed by atoms with Crippen molar-refractivity contribution in [2.24, 2.45) is 0 Å². The third kappa shape index (κ3) is 1.93. The van der Waals surface area contributed by atoms with Crippen LogP contribution in [0.4, 0.5) is 5.95 Å². The summed E-state index contributed by atoms with van der Waals surface area (Å²) in [7, 11) is 0. The Morgan fingerprint density at radius 3 is 2.67 bits per heavy atom. The second kappa shape index (κ2) is 4.29. The molecule has 0 saturated carbocycles. The van der Waals surface area contributed by atoms with Crippen LogP contribution < -0.4 is 5.32 Å². The molecular weight excluding hydrogens is 230 g/mol. The van der Waals surface area contributed by atoms with E-state index >= 15 is 0 Å². The lowest BCUT2D eigenvalue weighted by molar-refractivity contribution is 0.0998. The zero-order valence-electron chi connectivity index (χ0n) is 9.33. The smallest absolute Gasteiger partial charge is 0.293 e. The topological polar surface area (TPSA) is 68.0 Å². The standard InChI is InChI=1S/C13H9N3O2/c17-12(16-13-14-6-3-7-15-13)11-8-9-4-1-2-5-10(9)18-11/h1-8H,(H,14,15,16,17). The molecule has 1 N–H and O–H groups in total. The number of fused-ring (bicyclic) bond motifs is 1. The molecule has 0 atom stereocenters. The maximum Gasteiger partial charge on any atom is 0.293 e. The first kappa shape index (κ1) is 10.5. The van der Waals surface area contributed by atoms with Gasteiger partial charge in [-0.25, -0.2) is 9.97 Å². The number of carbonyl (C=O) groups excluding carboxylic acids is 1. The maximum absolute atomic E-state index is 11.9. The van der Waals surface area contributed by atoms with Crippen molar-refractivity contribution in [3.05, 3.63) is 54.6 Å². The fraction of sp³-hybridized carbons (Fsp3) is 0. The molecule has 0 radical (unpaired) electrons. The van der Waals surface area contributed by atoms with E-state index in [4.69, 9.17) is 4.42 Å². The van der Waals surface area contributed by atoms with Crippen LogP contribution >= 0.6 is 0 Å². The van der Waals surface area contributed by atoms with Crippen molar-refractivity contribution in [1.29, 1.82) is 0 Å². The molecule has 2 heterocycles. The van der Waals surface area contributed by atoms with E-state index < -0.39 is 0 Å². The second-order valence-corrected chi connectivity index (χ2v) is 3.67. The van der Waals surface area contributed by atoms with Crippen molar-refractivity contribution in [1.82, 2.24) is 9.97 Å². The summed E-state index contributed by atoms with van der Waals surface area (Å²) in [5.41, 5.74) is 0.677. The molecule has 5 nitrogen and oxygen atoms in total. The van der Waals surface area contributed by atoms with Gasteiger partial charge in [-0.2, -0.15) is 0 Å². The molecule has 88 valence electrons. The minimum absolute atomic E-state index is 0.239. The van der Waals surface area contributed by atoms with Crippen molar-refractivity contribution in [2.45, 2.75) is 0 Å². The van der Waals surface area contributed by atoms with Crippen LogP contribution in [0, 0.1) is 0 Å². The summed E-state index contributed by atoms with van der Waals surface area (Å²) >= 11 is 0. The lowest BCUT2D eigenvalue weighted by atomic mass is 10.2. The Morgan fingerprint density at radius 1 is 1.11 bits per heavy atom. The Morgan fingerprint density at radius 2 is 1.89 bits per heavy atom. The first-order valence-corrected chi connectivity index (χ1v) is 5.40. The van der Waals surface area contributed by atoms with Crippen LogP contribution in [0.3, 0.4) is 0 Å². The number of hydrogen-bond donors (Lipinski definition) is 1. The number of anilines is 1. The Bertz CT molecular complexity index is 659. The summed E-state index contributed by atoms with van der Waals surface area (Å²) in [4.78, 5) is 19.7. The zero-order chi connectivity index (χ0) is 12.4. The number of nitrogens with zero attached hydrogens (tertiary/aromatic N) is 2. The summed E-state index contributed by atoms with van der Waals surface area (Å²) in [6.45, 7) is 0. The molecule has 0 aliphatic rings. The third-order valence-corrected chi connectivity index (χ3v) is 2.44. The number of amides is 1. The predicted molar refractivity (Wildman–Crippen MR) is 66.2 cm³/mol. The Kier molecular flexibility index (Phi) is 2.49. The van der Waals surface area contributed by atoms with Gasteiger partial charge in [-0.15, -0.1) is 0 Å². The molecule has 5 heteroatoms. The van der Waals surface area contributed by atoms with Gasteiger partial charge in [0.05, 0.1) is 0 Å². The van der Waals surface area contributed by atoms with Gasteiger partial charge in [0, 0.05) is 17.8 Å². The molecule has 0 saturated heterocycles. The molecule has 2 aromatic heterocycles. The number of nitrogens with one attached hydrogen (secondary N) is 1. The van der Waals surface area contributed by atoms with Crippen LogP contribution in [0.5, 0.6) is 0 Å². The van der Waals surface area contributed by atoms with Gasteiger partial charge in [-0.05, 0) is 18.2 Å². The van der Waals surface area contributed by atoms with Gasteiger partial charge < -0.3 is 4.42 Å². The number of hydrogen-bond acceptors (Lipinski definition) is 4. The number of carbonyl (C=O) groups is 1. The van der Waals surface area contributed by atoms with E-state index in [0.29, 0.717) is 5.58 Å². The Balaban J connectivity index is 1.88. The Labute approximate surface area is 102 Å². The van der Waals surface area contributed by atoms with E-state index in [1.54, 1.807) is 24.5 Å². The molecule has 18 heavy (non-hydrogen) atoms. The molecule has 0 aliphatic carbocycles. The minimum Gasteiger partial charge on any atom is -0.451 e. The fourth-order valence-electron chi connectivity index (χ4n) is 1.62. The fourth-order valence-corrected chi connectivity index (χ4v) is 1.62. The molecule has 3 rings (SSSR count). The summed E-state index contributed by atoms with van der Waals surface area (Å²) < 4.78 is 5.43. The van der Waals surface area contributed by atoms with Crippen molar-refractivity contribution in [3.8, 4) is 0 Å². The van der Waals surface area contributed by atoms with E-state index in [2.05, 4.69) is 15.3 Å². The second-order valence-electron chi connectivity index (χ2n) is 3.67. The Hall–Kier alpha value is -2.69. The molecule has 0 spiro atoms. The lowest BCUT2D eigenvalue weighted by Gasteiger charge is -1.98. The lowest BCUT2D eigenvalue weighted by Crippen LogP contribution is -2.12. The summed E-state index contributed by atoms with van der Waals surface area (Å²) in [5, 5.41) is 3.45. The van der Waals surface area contributed by atoms with Gasteiger partial charge in [0.15, 0.2) is 5.76 Å². The van der Waals surface area contributed by atoms with Crippen LogP contribution in [0.2, 0.25) is 0 Å². The number of para-hydroxylation sites is 1. The van der Waals surface area contributed by atoms with Gasteiger partial charge in [0.1, 0.15) is 5.58 Å². The largest absolute Gasteiger partial charge is 0.451 e. The average Bonchev–Trinajstić information content (AvgIpc) is 2.84. The van der Waals surface area contributed by atoms with Gasteiger partial charge >= 0.3 is 0 Å². The van der Waals surface area contributed by atoms with Crippen LogP contribution in [0.1, 0.15) is 10.6 Å². The molecule has 0 bridgehead atoms. The normalized spacial score (nSPS) is 10.4. The maximum atomic E-state index is 11.9. The van der Waals surface area contributed by atoms with Crippen LogP contribution in [0.15, 0.2) is 53.2 Å². The van der Waals surface area contributed by atoms with E-state index in [-0.39, 0.29) is 17.6 Å². The van der Waals surface area contributed by atoms with Crippen molar-refractivity contribution < 1.29 is 9.21 Å². The van der Waals surface area contributed by atoms with Crippen molar-refractivity contribution >= 4 is 22.8 Å². The summed E-state index contributed by atoms with van der Waals surface area (Å²) in [5.74, 6) is 0.129. The predicted octanol–water partition coefficient (Wildman–Crippen LogP) is 2.48. The molecule has 0 fully saturated rings. The van der Waals surface area contributed by atoms with Gasteiger partial charge in [-0.1, -0.05) is 18.2 Å². The molecule has 3 aromatic rings. The SMILES string of the molecule is O=C(Nc1ncccn1)c1cc2ccccc2o1. The number of rotatable bonds is 2. The molecule has 1 amide bonds. The summed E-state index contributed by atoms with van der Waals surface area (Å²) in [6, 6.07) is 10.8. The first-order valence-electron chi connectivity index (χ1n) is 5.40. The monoisotopic (exact) mass is 239 g/mol. The van der Waals surface area contributed by atoms with E-state index in [0.717, 1.165) is 5.39 Å². The highest BCUT2D eigenvalue weighted by Crippen LogP contribution is 2.19. The van der Waals surface area contributed by atoms with Crippen molar-refractivity contribution in [3.63, 3.8) is 0 Å². The highest BCUT2D eigenvalue weighted by atomic mass is 16.3. The van der Waals surface area contributed by atoms with Gasteiger partial charge in [-0.3, -0.25) is 10.1 Å². The van der Waals surface area contributed by atoms with Crippen LogP contribution in [-0.2, 0) is 0 Å². The molecular formula is C13H9N3O2. The number of aromatic nitrogens is 2. The van der Waals surface area contributed by atoms with Crippen molar-refractivity contribution in [2.75, 3.05) is 5.32 Å². The average molecular weight is 239 g/mol. The highest BCUT2D eigenvalue weighted by Gasteiger charge is 2.12.